The number of aromatic nitrogens is 2. The van der Waals surface area contributed by atoms with Gasteiger partial charge in [-0.2, -0.15) is 0 Å². The summed E-state index contributed by atoms with van der Waals surface area (Å²) in [5, 5.41) is 7.28. The van der Waals surface area contributed by atoms with Gasteiger partial charge in [-0.15, -0.1) is 0 Å². The van der Waals surface area contributed by atoms with E-state index < -0.39 is 0 Å². The van der Waals surface area contributed by atoms with E-state index in [2.05, 4.69) is 135 Å². The predicted molar refractivity (Wildman–Crippen MR) is 178 cm³/mol. The Morgan fingerprint density at radius 2 is 0.976 bits per heavy atom. The molecule has 2 aromatic heterocycles. The molecule has 0 saturated carbocycles. The summed E-state index contributed by atoms with van der Waals surface area (Å²) in [6.45, 7) is 4.36. The first kappa shape index (κ1) is 24.5. The predicted octanol–water partition coefficient (Wildman–Crippen LogP) is 10.7. The number of nitrogens with zero attached hydrogens (tertiary/aromatic N) is 2. The fourth-order valence-corrected chi connectivity index (χ4v) is 6.47. The Kier molecular flexibility index (Phi) is 5.61. The molecule has 198 valence electrons. The maximum atomic E-state index is 5.24. The summed E-state index contributed by atoms with van der Waals surface area (Å²) in [4.78, 5) is 9.98. The van der Waals surface area contributed by atoms with Crippen LogP contribution in [0.3, 0.4) is 0 Å². The molecule has 0 atom stereocenters. The smallest absolute Gasteiger partial charge is 0.0974 e. The first-order valence-corrected chi connectivity index (χ1v) is 14.4. The second kappa shape index (κ2) is 9.64. The number of pyridine rings is 2. The maximum Gasteiger partial charge on any atom is 0.0974 e. The lowest BCUT2D eigenvalue weighted by molar-refractivity contribution is 1.33. The van der Waals surface area contributed by atoms with Crippen LogP contribution < -0.4 is 0 Å². The highest BCUT2D eigenvalue weighted by Crippen LogP contribution is 2.38. The van der Waals surface area contributed by atoms with Crippen LogP contribution in [0.4, 0.5) is 0 Å². The van der Waals surface area contributed by atoms with Gasteiger partial charge in [0.15, 0.2) is 0 Å². The average Bonchev–Trinajstić information content (AvgIpc) is 3.06. The number of fused-ring (bicyclic) bond motifs is 5. The Hall–Kier alpha value is -5.34. The second-order valence-corrected chi connectivity index (χ2v) is 11.1. The van der Waals surface area contributed by atoms with E-state index in [9.17, 15) is 0 Å². The molecular formula is C40H28N2. The third-order valence-corrected chi connectivity index (χ3v) is 8.79. The fraction of sp³-hybridized carbons (Fsp3) is 0.0500. The van der Waals surface area contributed by atoms with Gasteiger partial charge >= 0.3 is 0 Å². The molecule has 0 aliphatic rings. The summed E-state index contributed by atoms with van der Waals surface area (Å²) in [7, 11) is 0. The van der Waals surface area contributed by atoms with Crippen LogP contribution in [0.2, 0.25) is 0 Å². The fourth-order valence-electron chi connectivity index (χ4n) is 6.47. The Bertz CT molecular complexity index is 2310. The molecule has 0 saturated heterocycles. The highest BCUT2D eigenvalue weighted by atomic mass is 14.8. The summed E-state index contributed by atoms with van der Waals surface area (Å²) in [6.07, 6.45) is 1.86. The Balaban J connectivity index is 1.26. The number of aryl methyl sites for hydroxylation is 2. The molecule has 8 aromatic rings. The monoisotopic (exact) mass is 536 g/mol. The molecule has 0 spiro atoms. The standard InChI is InChI=1S/C40H28N2/c1-25-26(2)31-22-23-38(42-40(31)39-30(25)15-8-24-41-39)37-21-20-34(35-12-5-6-13-36(35)37)29-18-16-28(17-19-29)33-14-7-10-27-9-3-4-11-32(27)33/h3-24H,1-2H3. The lowest BCUT2D eigenvalue weighted by atomic mass is 9.91. The molecule has 0 amide bonds. The first-order chi connectivity index (χ1) is 20.7. The zero-order valence-corrected chi connectivity index (χ0v) is 23.6. The molecule has 0 unspecified atom stereocenters. The van der Waals surface area contributed by atoms with Crippen molar-refractivity contribution in [3.8, 4) is 33.5 Å². The first-order valence-electron chi connectivity index (χ1n) is 14.4. The van der Waals surface area contributed by atoms with E-state index in [-0.39, 0.29) is 0 Å². The molecule has 42 heavy (non-hydrogen) atoms. The SMILES string of the molecule is Cc1c(C)c2ccc(-c3ccc(-c4ccc(-c5cccc6ccccc56)cc4)c4ccccc34)nc2c2ncccc12. The Morgan fingerprint density at radius 3 is 1.74 bits per heavy atom. The van der Waals surface area contributed by atoms with E-state index in [1.807, 2.05) is 12.3 Å². The molecule has 0 aliphatic heterocycles. The highest BCUT2D eigenvalue weighted by molar-refractivity contribution is 6.09. The van der Waals surface area contributed by atoms with Gasteiger partial charge in [0.25, 0.3) is 0 Å². The molecule has 6 aromatic carbocycles. The van der Waals surface area contributed by atoms with Gasteiger partial charge < -0.3 is 0 Å². The van der Waals surface area contributed by atoms with E-state index >= 15 is 0 Å². The van der Waals surface area contributed by atoms with Gasteiger partial charge in [0.1, 0.15) is 0 Å². The Labute approximate surface area is 244 Å². The third-order valence-electron chi connectivity index (χ3n) is 8.79. The lowest BCUT2D eigenvalue weighted by Gasteiger charge is -2.14. The van der Waals surface area contributed by atoms with Crippen molar-refractivity contribution in [1.82, 2.24) is 9.97 Å². The van der Waals surface area contributed by atoms with Crippen molar-refractivity contribution in [2.45, 2.75) is 13.8 Å². The molecule has 8 rings (SSSR count). The van der Waals surface area contributed by atoms with Crippen LogP contribution >= 0.6 is 0 Å². The van der Waals surface area contributed by atoms with Crippen molar-refractivity contribution >= 4 is 43.4 Å². The average molecular weight is 537 g/mol. The Morgan fingerprint density at radius 1 is 0.405 bits per heavy atom. The third kappa shape index (κ3) is 3.80. The van der Waals surface area contributed by atoms with Crippen LogP contribution in [0, 0.1) is 13.8 Å². The molecule has 0 N–H and O–H groups in total. The summed E-state index contributed by atoms with van der Waals surface area (Å²) >= 11 is 0. The van der Waals surface area contributed by atoms with E-state index in [1.165, 1.54) is 60.3 Å². The van der Waals surface area contributed by atoms with E-state index in [4.69, 9.17) is 9.97 Å². The topological polar surface area (TPSA) is 25.8 Å². The van der Waals surface area contributed by atoms with Gasteiger partial charge in [-0.1, -0.05) is 115 Å². The second-order valence-electron chi connectivity index (χ2n) is 11.1. The molecule has 0 fully saturated rings. The van der Waals surface area contributed by atoms with Crippen molar-refractivity contribution in [3.63, 3.8) is 0 Å². The number of rotatable bonds is 3. The van der Waals surface area contributed by atoms with Crippen LogP contribution in [0.5, 0.6) is 0 Å². The summed E-state index contributed by atoms with van der Waals surface area (Å²) in [5.74, 6) is 0. The minimum atomic E-state index is 0.961. The van der Waals surface area contributed by atoms with E-state index in [0.717, 1.165) is 27.7 Å². The minimum Gasteiger partial charge on any atom is -0.254 e. The molecule has 2 heterocycles. The highest BCUT2D eigenvalue weighted by Gasteiger charge is 2.15. The van der Waals surface area contributed by atoms with Gasteiger partial charge in [0.05, 0.1) is 16.7 Å². The summed E-state index contributed by atoms with van der Waals surface area (Å²) in [5.41, 5.74) is 11.5. The van der Waals surface area contributed by atoms with E-state index in [1.54, 1.807) is 0 Å². The quantitative estimate of drug-likeness (QED) is 0.210. The number of hydrogen-bond donors (Lipinski definition) is 0. The molecular weight excluding hydrogens is 508 g/mol. The van der Waals surface area contributed by atoms with Gasteiger partial charge in [-0.25, -0.2) is 4.98 Å². The number of hydrogen-bond acceptors (Lipinski definition) is 2. The van der Waals surface area contributed by atoms with Gasteiger partial charge in [0, 0.05) is 22.5 Å². The van der Waals surface area contributed by atoms with Crippen molar-refractivity contribution < 1.29 is 0 Å². The molecule has 2 heteroatoms. The zero-order chi connectivity index (χ0) is 28.2. The minimum absolute atomic E-state index is 0.961. The van der Waals surface area contributed by atoms with Crippen LogP contribution in [-0.4, -0.2) is 9.97 Å². The summed E-state index contributed by atoms with van der Waals surface area (Å²) in [6, 6.07) is 45.7. The van der Waals surface area contributed by atoms with Crippen molar-refractivity contribution in [2.75, 3.05) is 0 Å². The van der Waals surface area contributed by atoms with Gasteiger partial charge in [-0.05, 0) is 80.9 Å². The van der Waals surface area contributed by atoms with Gasteiger partial charge in [-0.3, -0.25) is 4.98 Å². The van der Waals surface area contributed by atoms with E-state index in [0.29, 0.717) is 0 Å². The molecule has 0 bridgehead atoms. The zero-order valence-electron chi connectivity index (χ0n) is 23.6. The van der Waals surface area contributed by atoms with Crippen molar-refractivity contribution in [1.29, 1.82) is 0 Å². The van der Waals surface area contributed by atoms with Gasteiger partial charge in [0.2, 0.25) is 0 Å². The normalized spacial score (nSPS) is 11.6. The maximum absolute atomic E-state index is 5.24. The van der Waals surface area contributed by atoms with Crippen molar-refractivity contribution in [3.05, 3.63) is 145 Å². The molecule has 2 nitrogen and oxygen atoms in total. The van der Waals surface area contributed by atoms with Crippen LogP contribution in [0.1, 0.15) is 11.1 Å². The largest absolute Gasteiger partial charge is 0.254 e. The molecule has 0 radical (unpaired) electrons. The lowest BCUT2D eigenvalue weighted by Crippen LogP contribution is -1.95. The summed E-state index contributed by atoms with van der Waals surface area (Å²) < 4.78 is 0. The van der Waals surface area contributed by atoms with Crippen LogP contribution in [-0.2, 0) is 0 Å². The number of benzene rings is 6. The van der Waals surface area contributed by atoms with Crippen LogP contribution in [0.15, 0.2) is 134 Å². The van der Waals surface area contributed by atoms with Crippen molar-refractivity contribution in [2.24, 2.45) is 0 Å². The van der Waals surface area contributed by atoms with Crippen LogP contribution in [0.25, 0.3) is 76.9 Å². The molecule has 0 aliphatic carbocycles.